The van der Waals surface area contributed by atoms with Crippen molar-refractivity contribution >= 4 is 39.9 Å². The van der Waals surface area contributed by atoms with E-state index in [2.05, 4.69) is 19.5 Å². The van der Waals surface area contributed by atoms with Gasteiger partial charge in [0.2, 0.25) is 0 Å². The first kappa shape index (κ1) is 10.8. The van der Waals surface area contributed by atoms with Gasteiger partial charge in [-0.1, -0.05) is 4.85 Å². The summed E-state index contributed by atoms with van der Waals surface area (Å²) in [5.41, 5.74) is 0. The number of aromatic nitrogens is 3. The Morgan fingerprint density at radius 3 is 2.55 bits per heavy atom. The van der Waals surface area contributed by atoms with Gasteiger partial charge in [0, 0.05) is 0 Å². The second-order valence-corrected chi connectivity index (χ2v) is 2.50. The molecule has 7 nitrogen and oxygen atoms in total. The molecule has 0 unspecified atom stereocenters. The minimum absolute atomic E-state index is 0. The summed E-state index contributed by atoms with van der Waals surface area (Å²) in [5, 5.41) is 7.81. The van der Waals surface area contributed by atoms with Gasteiger partial charge >= 0.3 is 39.9 Å². The van der Waals surface area contributed by atoms with E-state index < -0.39 is 10.3 Å². The van der Waals surface area contributed by atoms with Crippen LogP contribution in [0.1, 0.15) is 0 Å². The Hall–Kier alpha value is -0.150. The molecule has 0 bridgehead atoms. The van der Waals surface area contributed by atoms with Crippen LogP contribution in [0.5, 0.6) is 0 Å². The van der Waals surface area contributed by atoms with E-state index in [-0.39, 0.29) is 29.6 Å². The first-order valence-electron chi connectivity index (χ1n) is 2.15. The van der Waals surface area contributed by atoms with Gasteiger partial charge in [0.1, 0.15) is 6.33 Å². The molecule has 2 N–H and O–H groups in total. The molecule has 1 rings (SSSR count). The molecule has 0 atom stereocenters. The van der Waals surface area contributed by atoms with E-state index in [9.17, 15) is 8.42 Å². The second-order valence-electron chi connectivity index (χ2n) is 1.37. The number of hydrogen-bond acceptors (Lipinski definition) is 5. The summed E-state index contributed by atoms with van der Waals surface area (Å²) in [6.07, 6.45) is 2.18. The van der Waals surface area contributed by atoms with Crippen molar-refractivity contribution < 1.29 is 12.7 Å². The van der Waals surface area contributed by atoms with Crippen molar-refractivity contribution in [3.63, 3.8) is 0 Å². The molecule has 0 saturated carbocycles. The number of rotatable bonds is 2. The van der Waals surface area contributed by atoms with Crippen LogP contribution in [0, 0.1) is 0 Å². The SMILES string of the molecule is NS(=O)(=O)On1cncn1.[NaH]. The molecule has 0 aliphatic heterocycles. The molecule has 0 aliphatic rings. The van der Waals surface area contributed by atoms with Crippen molar-refractivity contribution in [2.75, 3.05) is 0 Å². The van der Waals surface area contributed by atoms with Crippen molar-refractivity contribution in [3.05, 3.63) is 12.7 Å². The van der Waals surface area contributed by atoms with Crippen LogP contribution in [0.25, 0.3) is 0 Å². The van der Waals surface area contributed by atoms with Gasteiger partial charge in [0.15, 0.2) is 6.33 Å². The van der Waals surface area contributed by atoms with Crippen molar-refractivity contribution in [2.45, 2.75) is 0 Å². The molecular weight excluding hydrogens is 183 g/mol. The Kier molecular flexibility index (Phi) is 3.97. The summed E-state index contributed by atoms with van der Waals surface area (Å²) in [7, 11) is -3.99. The average Bonchev–Trinajstić information content (AvgIpc) is 2.12. The van der Waals surface area contributed by atoms with Crippen LogP contribution < -0.4 is 9.42 Å². The topological polar surface area (TPSA) is 100 Å². The third-order valence-corrected chi connectivity index (χ3v) is 0.938. The van der Waals surface area contributed by atoms with Crippen molar-refractivity contribution in [3.8, 4) is 0 Å². The van der Waals surface area contributed by atoms with E-state index in [1.54, 1.807) is 0 Å². The molecule has 0 radical (unpaired) electrons. The fourth-order valence-corrected chi connectivity index (χ4v) is 0.632. The molecule has 9 heteroatoms. The maximum atomic E-state index is 10.2. The molecule has 0 amide bonds. The van der Waals surface area contributed by atoms with E-state index in [1.165, 1.54) is 0 Å². The predicted octanol–water partition coefficient (Wildman–Crippen LogP) is -2.74. The second kappa shape index (κ2) is 4.02. The fourth-order valence-electron chi connectivity index (χ4n) is 0.342. The monoisotopic (exact) mass is 188 g/mol. The van der Waals surface area contributed by atoms with Crippen molar-refractivity contribution in [1.29, 1.82) is 0 Å². The van der Waals surface area contributed by atoms with Gasteiger partial charge in [-0.2, -0.15) is 13.6 Å². The Labute approximate surface area is 85.0 Å². The third kappa shape index (κ3) is 4.32. The van der Waals surface area contributed by atoms with Gasteiger partial charge in [-0.15, -0.1) is 5.10 Å². The van der Waals surface area contributed by atoms with Gasteiger partial charge in [-0.3, -0.25) is 4.28 Å². The van der Waals surface area contributed by atoms with Gasteiger partial charge in [-0.25, -0.2) is 4.98 Å². The molecular formula is C2H5N4NaO3S. The van der Waals surface area contributed by atoms with Crippen LogP contribution in [0.4, 0.5) is 0 Å². The molecule has 0 fully saturated rings. The number of nitrogens with zero attached hydrogens (tertiary/aromatic N) is 3. The summed E-state index contributed by atoms with van der Waals surface area (Å²) in [5.74, 6) is 0. The summed E-state index contributed by atoms with van der Waals surface area (Å²) in [6.45, 7) is 0. The van der Waals surface area contributed by atoms with Crippen LogP contribution in [0.3, 0.4) is 0 Å². The van der Waals surface area contributed by atoms with E-state index in [1.807, 2.05) is 0 Å². The normalized spacial score (nSPS) is 10.3. The van der Waals surface area contributed by atoms with E-state index in [0.29, 0.717) is 4.85 Å². The average molecular weight is 188 g/mol. The molecule has 0 spiro atoms. The van der Waals surface area contributed by atoms with Crippen LogP contribution in [0.2, 0.25) is 0 Å². The summed E-state index contributed by atoms with van der Waals surface area (Å²) in [4.78, 5) is 4.05. The Balaban J connectivity index is 0.000001000. The summed E-state index contributed by atoms with van der Waals surface area (Å²) < 4.78 is 24.4. The fraction of sp³-hybridized carbons (Fsp3) is 0. The zero-order valence-electron chi connectivity index (χ0n) is 4.71. The molecule has 0 aromatic carbocycles. The minimum atomic E-state index is -3.99. The first-order chi connectivity index (χ1) is 4.58. The van der Waals surface area contributed by atoms with Crippen LogP contribution in [-0.2, 0) is 10.3 Å². The number of nitrogens with two attached hydrogens (primary N) is 1. The van der Waals surface area contributed by atoms with Crippen LogP contribution >= 0.6 is 0 Å². The van der Waals surface area contributed by atoms with Gasteiger partial charge in [0.25, 0.3) is 0 Å². The first-order valence-corrected chi connectivity index (χ1v) is 3.62. The zero-order valence-corrected chi connectivity index (χ0v) is 5.52. The molecule has 0 aliphatic carbocycles. The quantitative estimate of drug-likeness (QED) is 0.507. The predicted molar refractivity (Wildman–Crippen MR) is 36.9 cm³/mol. The maximum absolute atomic E-state index is 10.2. The van der Waals surface area contributed by atoms with Gasteiger partial charge < -0.3 is 0 Å². The van der Waals surface area contributed by atoms with Crippen molar-refractivity contribution in [1.82, 2.24) is 14.9 Å². The van der Waals surface area contributed by atoms with Crippen LogP contribution in [0.15, 0.2) is 12.7 Å². The van der Waals surface area contributed by atoms with Crippen molar-refractivity contribution in [2.24, 2.45) is 5.14 Å². The summed E-state index contributed by atoms with van der Waals surface area (Å²) in [6, 6.07) is 0. The van der Waals surface area contributed by atoms with Crippen LogP contribution in [-0.4, -0.2) is 52.9 Å². The Morgan fingerprint density at radius 1 is 1.55 bits per heavy atom. The Bertz CT molecular complexity index is 293. The molecule has 58 valence electrons. The summed E-state index contributed by atoms with van der Waals surface area (Å²) >= 11 is 0. The molecule has 1 aromatic heterocycles. The van der Waals surface area contributed by atoms with E-state index >= 15 is 0 Å². The molecule has 0 saturated heterocycles. The van der Waals surface area contributed by atoms with E-state index in [0.717, 1.165) is 12.7 Å². The van der Waals surface area contributed by atoms with E-state index in [4.69, 9.17) is 0 Å². The molecule has 1 aromatic rings. The third-order valence-electron chi connectivity index (χ3n) is 0.578. The Morgan fingerprint density at radius 2 is 2.18 bits per heavy atom. The zero-order chi connectivity index (χ0) is 7.61. The van der Waals surface area contributed by atoms with Gasteiger partial charge in [-0.05, 0) is 0 Å². The number of hydrogen-bond donors (Lipinski definition) is 1. The standard InChI is InChI=1S/C2H4N4O3S.Na.H/c3-10(7,8)9-6-2-4-1-5-6;;/h1-2H,(H2,3,7,8);;. The molecule has 1 heterocycles. The van der Waals surface area contributed by atoms with Gasteiger partial charge in [0.05, 0.1) is 0 Å². The molecule has 11 heavy (non-hydrogen) atoms.